The zero-order valence-corrected chi connectivity index (χ0v) is 19.4. The highest BCUT2D eigenvalue weighted by molar-refractivity contribution is 7.11. The number of benzene rings is 1. The number of fused-ring (bicyclic) bond motifs is 1. The Morgan fingerprint density at radius 3 is 2.75 bits per heavy atom. The van der Waals surface area contributed by atoms with Crippen LogP contribution in [0.3, 0.4) is 0 Å². The van der Waals surface area contributed by atoms with E-state index in [1.807, 2.05) is 21.2 Å². The maximum atomic E-state index is 12.9. The number of thiazole rings is 1. The highest BCUT2D eigenvalue weighted by Crippen LogP contribution is 2.30. The van der Waals surface area contributed by atoms with Crippen molar-refractivity contribution in [2.75, 3.05) is 38.0 Å². The molecule has 3 aliphatic heterocycles. The molecule has 7 heteroatoms. The standard InChI is InChI=1S/C25H32N4O2S/c30-24(21-7-8-22-20(15-21)4-1-10-26-22)29-16-19(17-29)6-5-18-3-2-12-28(13-9-18)25(31)23-27-11-14-32-23/h7-8,11,14-15,18-19,26H,1-6,9-10,12-13,16-17H2. The predicted molar refractivity (Wildman–Crippen MR) is 127 cm³/mol. The average molecular weight is 453 g/mol. The molecule has 6 nitrogen and oxygen atoms in total. The Kier molecular flexibility index (Phi) is 6.44. The lowest BCUT2D eigenvalue weighted by molar-refractivity contribution is 0.0471. The first-order chi connectivity index (χ1) is 15.7. The van der Waals surface area contributed by atoms with E-state index in [0.717, 1.165) is 64.0 Å². The van der Waals surface area contributed by atoms with Crippen LogP contribution in [0.2, 0.25) is 0 Å². The molecule has 2 amide bonds. The van der Waals surface area contributed by atoms with Crippen LogP contribution in [0.15, 0.2) is 29.8 Å². The highest BCUT2D eigenvalue weighted by atomic mass is 32.1. The Bertz CT molecular complexity index is 955. The van der Waals surface area contributed by atoms with E-state index in [9.17, 15) is 9.59 Å². The van der Waals surface area contributed by atoms with Gasteiger partial charge in [0.2, 0.25) is 0 Å². The van der Waals surface area contributed by atoms with E-state index in [2.05, 4.69) is 22.4 Å². The lowest BCUT2D eigenvalue weighted by Crippen LogP contribution is -2.50. The van der Waals surface area contributed by atoms with Crippen molar-refractivity contribution < 1.29 is 9.59 Å². The third kappa shape index (κ3) is 4.68. The minimum absolute atomic E-state index is 0.0896. The van der Waals surface area contributed by atoms with Gasteiger partial charge in [0.25, 0.3) is 11.8 Å². The van der Waals surface area contributed by atoms with Gasteiger partial charge in [0, 0.05) is 55.6 Å². The van der Waals surface area contributed by atoms with Crippen molar-refractivity contribution in [3.05, 3.63) is 45.9 Å². The molecule has 32 heavy (non-hydrogen) atoms. The summed E-state index contributed by atoms with van der Waals surface area (Å²) in [6.07, 6.45) is 9.63. The molecular formula is C25H32N4O2S. The summed E-state index contributed by atoms with van der Waals surface area (Å²) in [5.74, 6) is 1.57. The number of nitrogens with zero attached hydrogens (tertiary/aromatic N) is 3. The molecule has 0 saturated carbocycles. The highest BCUT2D eigenvalue weighted by Gasteiger charge is 2.32. The predicted octanol–water partition coefficient (Wildman–Crippen LogP) is 4.30. The molecule has 2 aromatic rings. The number of amides is 2. The summed E-state index contributed by atoms with van der Waals surface area (Å²) >= 11 is 1.43. The summed E-state index contributed by atoms with van der Waals surface area (Å²) in [6.45, 7) is 4.48. The Labute approximate surface area is 194 Å². The molecule has 2 fully saturated rings. The second-order valence-electron chi connectivity index (χ2n) is 9.48. The molecule has 1 unspecified atom stereocenters. The van der Waals surface area contributed by atoms with E-state index in [1.165, 1.54) is 41.9 Å². The van der Waals surface area contributed by atoms with Gasteiger partial charge in [0.15, 0.2) is 5.01 Å². The second kappa shape index (κ2) is 9.61. The molecule has 3 aliphatic rings. The topological polar surface area (TPSA) is 65.5 Å². The lowest BCUT2D eigenvalue weighted by atomic mass is 9.87. The number of aryl methyl sites for hydroxylation is 1. The van der Waals surface area contributed by atoms with Crippen LogP contribution in [0.5, 0.6) is 0 Å². The molecule has 1 aromatic heterocycles. The molecule has 0 bridgehead atoms. The minimum atomic E-state index is 0.0896. The molecule has 2 saturated heterocycles. The van der Waals surface area contributed by atoms with Gasteiger partial charge in [0.05, 0.1) is 0 Å². The fraction of sp³-hybridized carbons (Fsp3) is 0.560. The van der Waals surface area contributed by atoms with Gasteiger partial charge in [-0.05, 0) is 80.5 Å². The number of carbonyl (C=O) groups is 2. The first kappa shape index (κ1) is 21.4. The monoisotopic (exact) mass is 452 g/mol. The van der Waals surface area contributed by atoms with Crippen LogP contribution in [0.4, 0.5) is 5.69 Å². The molecule has 0 aliphatic carbocycles. The first-order valence-corrected chi connectivity index (χ1v) is 12.9. The smallest absolute Gasteiger partial charge is 0.282 e. The van der Waals surface area contributed by atoms with Gasteiger partial charge < -0.3 is 15.1 Å². The summed E-state index contributed by atoms with van der Waals surface area (Å²) in [7, 11) is 0. The maximum Gasteiger partial charge on any atom is 0.282 e. The normalized spacial score (nSPS) is 21.3. The van der Waals surface area contributed by atoms with Crippen LogP contribution in [0.25, 0.3) is 0 Å². The van der Waals surface area contributed by atoms with Gasteiger partial charge in [-0.15, -0.1) is 11.3 Å². The fourth-order valence-electron chi connectivity index (χ4n) is 5.30. The molecular weight excluding hydrogens is 420 g/mol. The number of rotatable bonds is 5. The van der Waals surface area contributed by atoms with Crippen molar-refractivity contribution >= 4 is 28.8 Å². The molecule has 0 spiro atoms. The van der Waals surface area contributed by atoms with Crippen molar-refractivity contribution in [3.8, 4) is 0 Å². The van der Waals surface area contributed by atoms with E-state index in [4.69, 9.17) is 0 Å². The first-order valence-electron chi connectivity index (χ1n) is 12.0. The van der Waals surface area contributed by atoms with Crippen molar-refractivity contribution in [3.63, 3.8) is 0 Å². The van der Waals surface area contributed by atoms with Crippen molar-refractivity contribution in [1.82, 2.24) is 14.8 Å². The Morgan fingerprint density at radius 1 is 1.03 bits per heavy atom. The van der Waals surface area contributed by atoms with Crippen molar-refractivity contribution in [2.45, 2.75) is 44.9 Å². The quantitative estimate of drug-likeness (QED) is 0.735. The van der Waals surface area contributed by atoms with Crippen LogP contribution < -0.4 is 5.32 Å². The van der Waals surface area contributed by atoms with Crippen molar-refractivity contribution in [2.24, 2.45) is 11.8 Å². The van der Waals surface area contributed by atoms with Crippen LogP contribution in [-0.2, 0) is 6.42 Å². The number of nitrogens with one attached hydrogen (secondary N) is 1. The third-order valence-electron chi connectivity index (χ3n) is 7.27. The van der Waals surface area contributed by atoms with Gasteiger partial charge in [-0.25, -0.2) is 4.98 Å². The number of hydrogen-bond donors (Lipinski definition) is 1. The molecule has 0 radical (unpaired) electrons. The van der Waals surface area contributed by atoms with E-state index >= 15 is 0 Å². The van der Waals surface area contributed by atoms with Crippen molar-refractivity contribution in [1.29, 1.82) is 0 Å². The van der Waals surface area contributed by atoms with E-state index in [-0.39, 0.29) is 11.8 Å². The van der Waals surface area contributed by atoms with Crippen LogP contribution in [0, 0.1) is 11.8 Å². The summed E-state index contributed by atoms with van der Waals surface area (Å²) in [5, 5.41) is 5.89. The number of likely N-dealkylation sites (tertiary alicyclic amines) is 2. The number of hydrogen-bond acceptors (Lipinski definition) is 5. The Morgan fingerprint density at radius 2 is 1.91 bits per heavy atom. The summed E-state index contributed by atoms with van der Waals surface area (Å²) in [4.78, 5) is 33.6. The van der Waals surface area contributed by atoms with E-state index in [1.54, 1.807) is 6.20 Å². The lowest BCUT2D eigenvalue weighted by Gasteiger charge is -2.40. The van der Waals surface area contributed by atoms with Gasteiger partial charge in [-0.1, -0.05) is 0 Å². The van der Waals surface area contributed by atoms with Gasteiger partial charge in [-0.3, -0.25) is 9.59 Å². The van der Waals surface area contributed by atoms with E-state index in [0.29, 0.717) is 16.8 Å². The largest absolute Gasteiger partial charge is 0.385 e. The molecule has 1 aromatic carbocycles. The molecule has 5 rings (SSSR count). The zero-order valence-electron chi connectivity index (χ0n) is 18.6. The van der Waals surface area contributed by atoms with Gasteiger partial charge in [-0.2, -0.15) is 0 Å². The molecule has 1 atom stereocenters. The zero-order chi connectivity index (χ0) is 21.9. The fourth-order valence-corrected chi connectivity index (χ4v) is 5.90. The van der Waals surface area contributed by atoms with Crippen LogP contribution in [-0.4, -0.2) is 59.3 Å². The van der Waals surface area contributed by atoms with E-state index < -0.39 is 0 Å². The minimum Gasteiger partial charge on any atom is -0.385 e. The molecule has 4 heterocycles. The average Bonchev–Trinajstić information content (AvgIpc) is 3.23. The summed E-state index contributed by atoms with van der Waals surface area (Å²) in [5.41, 5.74) is 3.29. The summed E-state index contributed by atoms with van der Waals surface area (Å²) < 4.78 is 0. The Balaban J connectivity index is 1.05. The number of anilines is 1. The Hall–Kier alpha value is -2.41. The summed E-state index contributed by atoms with van der Waals surface area (Å²) in [6, 6.07) is 6.12. The second-order valence-corrected chi connectivity index (χ2v) is 10.4. The van der Waals surface area contributed by atoms with Gasteiger partial charge >= 0.3 is 0 Å². The molecule has 1 N–H and O–H groups in total. The third-order valence-corrected chi connectivity index (χ3v) is 8.03. The van der Waals surface area contributed by atoms with Gasteiger partial charge in [0.1, 0.15) is 0 Å². The van der Waals surface area contributed by atoms with Crippen LogP contribution in [0.1, 0.15) is 64.2 Å². The van der Waals surface area contributed by atoms with Crippen LogP contribution >= 0.6 is 11.3 Å². The molecule has 170 valence electrons. The number of carbonyl (C=O) groups excluding carboxylic acids is 2. The number of aromatic nitrogens is 1. The SMILES string of the molecule is O=C(c1ccc2c(c1)CCCN2)N1CC(CCC2CCCN(C(=O)c3nccs3)CC2)C1. The maximum absolute atomic E-state index is 12.9.